The first kappa shape index (κ1) is 10.7. The Kier molecular flexibility index (Phi) is 3.64. The van der Waals surface area contributed by atoms with Crippen molar-refractivity contribution in [2.24, 2.45) is 4.40 Å². The molecule has 74 valence electrons. The quantitative estimate of drug-likeness (QED) is 0.333. The van der Waals surface area contributed by atoms with Crippen LogP contribution in [0.15, 0.2) is 33.6 Å². The SMILES string of the molecule is CC(C)=NSc1ccccc1[N+](=O)[O-]. The van der Waals surface area contributed by atoms with Crippen molar-refractivity contribution in [2.75, 3.05) is 0 Å². The highest BCUT2D eigenvalue weighted by Crippen LogP contribution is 2.29. The summed E-state index contributed by atoms with van der Waals surface area (Å²) in [5.74, 6) is 0. The first-order valence-corrected chi connectivity index (χ1v) is 4.80. The summed E-state index contributed by atoms with van der Waals surface area (Å²) in [6.45, 7) is 3.70. The summed E-state index contributed by atoms with van der Waals surface area (Å²) in [7, 11) is 0. The number of para-hydroxylation sites is 1. The molecular formula is C9H10N2O2S. The Morgan fingerprint density at radius 1 is 1.43 bits per heavy atom. The Morgan fingerprint density at radius 3 is 2.64 bits per heavy atom. The van der Waals surface area contributed by atoms with E-state index in [1.165, 1.54) is 6.07 Å². The average Bonchev–Trinajstić information content (AvgIpc) is 2.15. The van der Waals surface area contributed by atoms with Crippen LogP contribution in [0.2, 0.25) is 0 Å². The van der Waals surface area contributed by atoms with Gasteiger partial charge in [-0.1, -0.05) is 12.1 Å². The molecule has 0 saturated heterocycles. The zero-order chi connectivity index (χ0) is 10.6. The summed E-state index contributed by atoms with van der Waals surface area (Å²) in [5.41, 5.74) is 0.982. The predicted octanol–water partition coefficient (Wildman–Crippen LogP) is 3.08. The van der Waals surface area contributed by atoms with Crippen molar-refractivity contribution >= 4 is 23.3 Å². The van der Waals surface area contributed by atoms with Crippen LogP contribution in [-0.2, 0) is 0 Å². The molecule has 1 rings (SSSR count). The molecule has 0 aliphatic carbocycles. The minimum Gasteiger partial charge on any atom is -0.258 e. The van der Waals surface area contributed by atoms with E-state index in [9.17, 15) is 10.1 Å². The fraction of sp³-hybridized carbons (Fsp3) is 0.222. The molecule has 14 heavy (non-hydrogen) atoms. The van der Waals surface area contributed by atoms with Crippen LogP contribution < -0.4 is 0 Å². The van der Waals surface area contributed by atoms with Gasteiger partial charge in [0.1, 0.15) is 4.90 Å². The second kappa shape index (κ2) is 4.76. The number of rotatable bonds is 3. The van der Waals surface area contributed by atoms with Gasteiger partial charge in [0.25, 0.3) is 5.69 Å². The third kappa shape index (κ3) is 2.85. The molecule has 0 radical (unpaired) electrons. The molecule has 0 saturated carbocycles. The van der Waals surface area contributed by atoms with Gasteiger partial charge in [0.15, 0.2) is 0 Å². The van der Waals surface area contributed by atoms with Crippen LogP contribution in [0.25, 0.3) is 0 Å². The molecule has 0 spiro atoms. The molecule has 0 N–H and O–H groups in total. The van der Waals surface area contributed by atoms with E-state index in [2.05, 4.69) is 4.40 Å². The molecule has 0 bridgehead atoms. The number of nitro benzene ring substituents is 1. The minimum atomic E-state index is -0.400. The van der Waals surface area contributed by atoms with Gasteiger partial charge in [-0.25, -0.2) is 4.40 Å². The van der Waals surface area contributed by atoms with Crippen molar-refractivity contribution in [2.45, 2.75) is 18.7 Å². The number of nitrogens with zero attached hydrogens (tertiary/aromatic N) is 2. The number of hydrogen-bond acceptors (Lipinski definition) is 4. The highest BCUT2D eigenvalue weighted by Gasteiger charge is 2.11. The van der Waals surface area contributed by atoms with E-state index in [-0.39, 0.29) is 5.69 Å². The van der Waals surface area contributed by atoms with Gasteiger partial charge in [0.05, 0.1) is 4.92 Å². The molecule has 0 heterocycles. The fourth-order valence-electron chi connectivity index (χ4n) is 0.826. The van der Waals surface area contributed by atoms with Crippen LogP contribution in [0.1, 0.15) is 13.8 Å². The second-order valence-corrected chi connectivity index (χ2v) is 3.66. The number of hydrogen-bond donors (Lipinski definition) is 0. The lowest BCUT2D eigenvalue weighted by atomic mass is 10.3. The molecular weight excluding hydrogens is 200 g/mol. The van der Waals surface area contributed by atoms with Crippen LogP contribution in [0.5, 0.6) is 0 Å². The Bertz CT molecular complexity index is 373. The molecule has 1 aromatic carbocycles. The van der Waals surface area contributed by atoms with Gasteiger partial charge < -0.3 is 0 Å². The smallest absolute Gasteiger partial charge is 0.258 e. The van der Waals surface area contributed by atoms with E-state index >= 15 is 0 Å². The molecule has 5 heteroatoms. The van der Waals surface area contributed by atoms with E-state index in [1.54, 1.807) is 18.2 Å². The van der Waals surface area contributed by atoms with Crippen molar-refractivity contribution in [1.29, 1.82) is 0 Å². The molecule has 0 aliphatic rings. The topological polar surface area (TPSA) is 55.5 Å². The Morgan fingerprint density at radius 2 is 2.07 bits per heavy atom. The van der Waals surface area contributed by atoms with Gasteiger partial charge >= 0.3 is 0 Å². The number of nitro groups is 1. The van der Waals surface area contributed by atoms with Crippen LogP contribution in [0.3, 0.4) is 0 Å². The van der Waals surface area contributed by atoms with Gasteiger partial charge in [-0.15, -0.1) is 0 Å². The molecule has 0 aliphatic heterocycles. The third-order valence-electron chi connectivity index (χ3n) is 1.39. The summed E-state index contributed by atoms with van der Waals surface area (Å²) in [5, 5.41) is 10.6. The lowest BCUT2D eigenvalue weighted by Crippen LogP contribution is -1.89. The van der Waals surface area contributed by atoms with E-state index < -0.39 is 4.92 Å². The molecule has 0 atom stereocenters. The van der Waals surface area contributed by atoms with Crippen LogP contribution >= 0.6 is 11.9 Å². The molecule has 0 aromatic heterocycles. The standard InChI is InChI=1S/C9H10N2O2S/c1-7(2)10-14-9-6-4-3-5-8(9)11(12)13/h3-6H,1-2H3. The fourth-order valence-corrected chi connectivity index (χ4v) is 1.48. The Hall–Kier alpha value is -1.36. The number of benzene rings is 1. The zero-order valence-electron chi connectivity index (χ0n) is 7.93. The Balaban J connectivity index is 2.96. The normalized spacial score (nSPS) is 9.57. The van der Waals surface area contributed by atoms with Crippen molar-refractivity contribution in [3.8, 4) is 0 Å². The summed E-state index contributed by atoms with van der Waals surface area (Å²) >= 11 is 1.13. The molecule has 0 amide bonds. The van der Waals surface area contributed by atoms with Crippen LogP contribution in [0.4, 0.5) is 5.69 Å². The summed E-state index contributed by atoms with van der Waals surface area (Å²) < 4.78 is 4.07. The average molecular weight is 210 g/mol. The van der Waals surface area contributed by atoms with Crippen molar-refractivity contribution < 1.29 is 4.92 Å². The molecule has 0 unspecified atom stereocenters. The lowest BCUT2D eigenvalue weighted by molar-refractivity contribution is -0.387. The van der Waals surface area contributed by atoms with E-state index in [0.29, 0.717) is 4.90 Å². The lowest BCUT2D eigenvalue weighted by Gasteiger charge is -1.97. The highest BCUT2D eigenvalue weighted by molar-refractivity contribution is 7.98. The van der Waals surface area contributed by atoms with Gasteiger partial charge in [-0.05, 0) is 19.9 Å². The van der Waals surface area contributed by atoms with Gasteiger partial charge in [-0.3, -0.25) is 10.1 Å². The maximum atomic E-state index is 10.6. The van der Waals surface area contributed by atoms with Crippen molar-refractivity contribution in [3.63, 3.8) is 0 Å². The van der Waals surface area contributed by atoms with Crippen LogP contribution in [-0.4, -0.2) is 10.6 Å². The Labute approximate surface area is 86.3 Å². The van der Waals surface area contributed by atoms with Crippen LogP contribution in [0, 0.1) is 10.1 Å². The summed E-state index contributed by atoms with van der Waals surface area (Å²) in [6, 6.07) is 6.57. The maximum Gasteiger partial charge on any atom is 0.284 e. The van der Waals surface area contributed by atoms with Gasteiger partial charge in [0, 0.05) is 23.7 Å². The first-order chi connectivity index (χ1) is 6.61. The van der Waals surface area contributed by atoms with Gasteiger partial charge in [0.2, 0.25) is 0 Å². The maximum absolute atomic E-state index is 10.6. The van der Waals surface area contributed by atoms with E-state index in [1.807, 2.05) is 13.8 Å². The summed E-state index contributed by atoms with van der Waals surface area (Å²) in [6.07, 6.45) is 0. The largest absolute Gasteiger partial charge is 0.284 e. The van der Waals surface area contributed by atoms with Crippen molar-refractivity contribution in [3.05, 3.63) is 34.4 Å². The molecule has 0 fully saturated rings. The monoisotopic (exact) mass is 210 g/mol. The minimum absolute atomic E-state index is 0.0995. The summed E-state index contributed by atoms with van der Waals surface area (Å²) in [4.78, 5) is 10.8. The molecule has 4 nitrogen and oxygen atoms in total. The van der Waals surface area contributed by atoms with Crippen molar-refractivity contribution in [1.82, 2.24) is 0 Å². The third-order valence-corrected chi connectivity index (χ3v) is 2.39. The highest BCUT2D eigenvalue weighted by atomic mass is 32.2. The van der Waals surface area contributed by atoms with E-state index in [4.69, 9.17) is 0 Å². The predicted molar refractivity (Wildman–Crippen MR) is 57.7 cm³/mol. The molecule has 1 aromatic rings. The zero-order valence-corrected chi connectivity index (χ0v) is 8.75. The van der Waals surface area contributed by atoms with E-state index in [0.717, 1.165) is 17.7 Å². The first-order valence-electron chi connectivity index (χ1n) is 4.03. The van der Waals surface area contributed by atoms with Gasteiger partial charge in [-0.2, -0.15) is 0 Å². The second-order valence-electron chi connectivity index (χ2n) is 2.85.